The molecule has 2 heterocycles. The molecule has 1 atom stereocenters. The highest BCUT2D eigenvalue weighted by atomic mass is 35.5. The van der Waals surface area contributed by atoms with Crippen molar-refractivity contribution in [3.63, 3.8) is 0 Å². The van der Waals surface area contributed by atoms with Crippen LogP contribution in [0.5, 0.6) is 0 Å². The highest BCUT2D eigenvalue weighted by molar-refractivity contribution is 5.96. The largest absolute Gasteiger partial charge is 0.320 e. The molecule has 4 nitrogen and oxygen atoms in total. The highest BCUT2D eigenvalue weighted by Crippen LogP contribution is 2.31. The summed E-state index contributed by atoms with van der Waals surface area (Å²) in [5.74, 6) is 1.08. The van der Waals surface area contributed by atoms with Crippen molar-refractivity contribution in [2.24, 2.45) is 5.92 Å². The SMILES string of the molecule is CNCCC1CCN(CC(=O)N2c3ccccc3CCC2C)CC1.Cl. The van der Waals surface area contributed by atoms with E-state index < -0.39 is 0 Å². The zero-order valence-electron chi connectivity index (χ0n) is 15.5. The summed E-state index contributed by atoms with van der Waals surface area (Å²) in [4.78, 5) is 17.4. The molecule has 1 amide bonds. The number of amides is 1. The van der Waals surface area contributed by atoms with Gasteiger partial charge >= 0.3 is 0 Å². The van der Waals surface area contributed by atoms with Crippen LogP contribution < -0.4 is 10.2 Å². The third kappa shape index (κ3) is 4.96. The second-order valence-electron chi connectivity index (χ2n) is 7.39. The number of para-hydroxylation sites is 1. The van der Waals surface area contributed by atoms with Crippen molar-refractivity contribution in [3.05, 3.63) is 29.8 Å². The molecule has 1 aromatic carbocycles. The summed E-state index contributed by atoms with van der Waals surface area (Å²) in [6.45, 7) is 5.97. The average molecular weight is 366 g/mol. The first-order valence-corrected chi connectivity index (χ1v) is 9.46. The van der Waals surface area contributed by atoms with Crippen molar-refractivity contribution in [2.45, 2.75) is 45.1 Å². The quantitative estimate of drug-likeness (QED) is 0.870. The van der Waals surface area contributed by atoms with E-state index in [2.05, 4.69) is 35.3 Å². The van der Waals surface area contributed by atoms with Gasteiger partial charge in [-0.25, -0.2) is 0 Å². The molecule has 3 rings (SSSR count). The second kappa shape index (κ2) is 9.56. The summed E-state index contributed by atoms with van der Waals surface area (Å²) >= 11 is 0. The van der Waals surface area contributed by atoms with Gasteiger partial charge < -0.3 is 10.2 Å². The fourth-order valence-corrected chi connectivity index (χ4v) is 4.12. The fraction of sp³-hybridized carbons (Fsp3) is 0.650. The number of aryl methyl sites for hydroxylation is 1. The summed E-state index contributed by atoms with van der Waals surface area (Å²) in [6.07, 6.45) is 5.85. The normalized spacial score (nSPS) is 21.5. The number of anilines is 1. The zero-order valence-corrected chi connectivity index (χ0v) is 16.4. The third-order valence-corrected chi connectivity index (χ3v) is 5.66. The number of hydrogen-bond donors (Lipinski definition) is 1. The molecule has 0 bridgehead atoms. The Bertz CT molecular complexity index is 558. The van der Waals surface area contributed by atoms with Gasteiger partial charge in [0.1, 0.15) is 0 Å². The molecule has 1 N–H and O–H groups in total. The van der Waals surface area contributed by atoms with Crippen LogP contribution in [0.2, 0.25) is 0 Å². The second-order valence-corrected chi connectivity index (χ2v) is 7.39. The van der Waals surface area contributed by atoms with Gasteiger partial charge in [-0.2, -0.15) is 0 Å². The Morgan fingerprint density at radius 1 is 1.20 bits per heavy atom. The number of fused-ring (bicyclic) bond motifs is 1. The molecule has 1 unspecified atom stereocenters. The summed E-state index contributed by atoms with van der Waals surface area (Å²) < 4.78 is 0. The monoisotopic (exact) mass is 365 g/mol. The number of nitrogens with zero attached hydrogens (tertiary/aromatic N) is 2. The first-order chi connectivity index (χ1) is 11.7. The molecule has 1 fully saturated rings. The molecule has 0 aromatic heterocycles. The topological polar surface area (TPSA) is 35.6 Å². The lowest BCUT2D eigenvalue weighted by Gasteiger charge is -2.38. The third-order valence-electron chi connectivity index (χ3n) is 5.66. The van der Waals surface area contributed by atoms with Crippen LogP contribution in [0.3, 0.4) is 0 Å². The van der Waals surface area contributed by atoms with E-state index in [1.807, 2.05) is 18.0 Å². The molecule has 2 aliphatic rings. The van der Waals surface area contributed by atoms with Crippen molar-refractivity contribution >= 4 is 24.0 Å². The van der Waals surface area contributed by atoms with E-state index in [9.17, 15) is 4.79 Å². The van der Waals surface area contributed by atoms with E-state index in [1.54, 1.807) is 0 Å². The maximum atomic E-state index is 13.0. The minimum absolute atomic E-state index is 0. The molecule has 0 radical (unpaired) electrons. The number of halogens is 1. The maximum Gasteiger partial charge on any atom is 0.241 e. The number of likely N-dealkylation sites (tertiary alicyclic amines) is 1. The molecule has 0 spiro atoms. The number of carbonyl (C=O) groups excluding carboxylic acids is 1. The molecule has 2 aliphatic heterocycles. The number of piperidine rings is 1. The number of nitrogens with one attached hydrogen (secondary N) is 1. The van der Waals surface area contributed by atoms with Crippen molar-refractivity contribution < 1.29 is 4.79 Å². The number of hydrogen-bond acceptors (Lipinski definition) is 3. The van der Waals surface area contributed by atoms with Crippen LogP contribution in [-0.4, -0.2) is 50.1 Å². The van der Waals surface area contributed by atoms with Crippen LogP contribution in [0, 0.1) is 5.92 Å². The van der Waals surface area contributed by atoms with Crippen LogP contribution in [0.1, 0.15) is 38.2 Å². The predicted octanol–water partition coefficient (Wildman–Crippen LogP) is 3.10. The van der Waals surface area contributed by atoms with Gasteiger partial charge in [0.15, 0.2) is 0 Å². The van der Waals surface area contributed by atoms with Gasteiger partial charge in [0.25, 0.3) is 0 Å². The van der Waals surface area contributed by atoms with Crippen LogP contribution >= 0.6 is 12.4 Å². The number of benzene rings is 1. The Morgan fingerprint density at radius 2 is 1.92 bits per heavy atom. The van der Waals surface area contributed by atoms with E-state index in [-0.39, 0.29) is 18.3 Å². The zero-order chi connectivity index (χ0) is 16.9. The first kappa shape index (κ1) is 20.2. The van der Waals surface area contributed by atoms with Gasteiger partial charge in [0, 0.05) is 11.7 Å². The summed E-state index contributed by atoms with van der Waals surface area (Å²) in [5.41, 5.74) is 2.44. The molecular weight excluding hydrogens is 334 g/mol. The van der Waals surface area contributed by atoms with Crippen molar-refractivity contribution in [1.29, 1.82) is 0 Å². The van der Waals surface area contributed by atoms with Crippen molar-refractivity contribution in [1.82, 2.24) is 10.2 Å². The molecule has 0 aliphatic carbocycles. The van der Waals surface area contributed by atoms with Crippen LogP contribution in [0.15, 0.2) is 24.3 Å². The van der Waals surface area contributed by atoms with E-state index >= 15 is 0 Å². The smallest absolute Gasteiger partial charge is 0.241 e. The fourth-order valence-electron chi connectivity index (χ4n) is 4.12. The van der Waals surface area contributed by atoms with Gasteiger partial charge in [0.2, 0.25) is 5.91 Å². The van der Waals surface area contributed by atoms with E-state index in [1.165, 1.54) is 24.8 Å². The Kier molecular flexibility index (Phi) is 7.73. The molecule has 0 saturated carbocycles. The summed E-state index contributed by atoms with van der Waals surface area (Å²) in [6, 6.07) is 8.69. The Hall–Kier alpha value is -1.10. The van der Waals surface area contributed by atoms with Crippen LogP contribution in [0.25, 0.3) is 0 Å². The Morgan fingerprint density at radius 3 is 2.64 bits per heavy atom. The van der Waals surface area contributed by atoms with Gasteiger partial charge in [-0.1, -0.05) is 18.2 Å². The van der Waals surface area contributed by atoms with Gasteiger partial charge in [-0.3, -0.25) is 9.69 Å². The van der Waals surface area contributed by atoms with Crippen LogP contribution in [0.4, 0.5) is 5.69 Å². The minimum atomic E-state index is 0. The molecule has 25 heavy (non-hydrogen) atoms. The van der Waals surface area contributed by atoms with Crippen LogP contribution in [-0.2, 0) is 11.2 Å². The standard InChI is InChI=1S/C20H31N3O.ClH/c1-16-7-8-18-5-3-4-6-19(18)23(16)20(24)15-22-13-10-17(11-14-22)9-12-21-2;/h3-6,16-17,21H,7-15H2,1-2H3;1H. The summed E-state index contributed by atoms with van der Waals surface area (Å²) in [5, 5.41) is 3.24. The Balaban J connectivity index is 0.00000225. The molecule has 140 valence electrons. The molecule has 1 saturated heterocycles. The van der Waals surface area contributed by atoms with E-state index in [0.29, 0.717) is 12.6 Å². The van der Waals surface area contributed by atoms with Crippen molar-refractivity contribution in [3.8, 4) is 0 Å². The lowest BCUT2D eigenvalue weighted by atomic mass is 9.93. The molecule has 1 aromatic rings. The minimum Gasteiger partial charge on any atom is -0.320 e. The van der Waals surface area contributed by atoms with Gasteiger partial charge in [-0.15, -0.1) is 12.4 Å². The summed E-state index contributed by atoms with van der Waals surface area (Å²) in [7, 11) is 2.02. The number of carbonyl (C=O) groups is 1. The molecular formula is C20H32ClN3O. The van der Waals surface area contributed by atoms with E-state index in [0.717, 1.165) is 44.1 Å². The first-order valence-electron chi connectivity index (χ1n) is 9.46. The average Bonchev–Trinajstić information content (AvgIpc) is 2.61. The lowest BCUT2D eigenvalue weighted by Crippen LogP contribution is -2.48. The number of rotatable bonds is 5. The van der Waals surface area contributed by atoms with Gasteiger partial charge in [0.05, 0.1) is 6.54 Å². The maximum absolute atomic E-state index is 13.0. The van der Waals surface area contributed by atoms with Gasteiger partial charge in [-0.05, 0) is 83.3 Å². The molecule has 5 heteroatoms. The highest BCUT2D eigenvalue weighted by Gasteiger charge is 2.29. The Labute approximate surface area is 158 Å². The van der Waals surface area contributed by atoms with E-state index in [4.69, 9.17) is 0 Å². The van der Waals surface area contributed by atoms with Crippen molar-refractivity contribution in [2.75, 3.05) is 38.1 Å². The lowest BCUT2D eigenvalue weighted by molar-refractivity contribution is -0.120. The predicted molar refractivity (Wildman–Crippen MR) is 107 cm³/mol.